The molecule has 0 aliphatic heterocycles. The van der Waals surface area contributed by atoms with Crippen LogP contribution >= 0.6 is 0 Å². The highest BCUT2D eigenvalue weighted by molar-refractivity contribution is 5.80. The summed E-state index contributed by atoms with van der Waals surface area (Å²) in [5.41, 5.74) is 1.36. The SMILES string of the molecule is CN=C(NCCC(=O)OC(C)C)NCc1ccc(C)cc1OCC(F)(F)F. The maximum absolute atomic E-state index is 12.4. The highest BCUT2D eigenvalue weighted by Crippen LogP contribution is 2.23. The summed E-state index contributed by atoms with van der Waals surface area (Å²) < 4.78 is 47.2. The number of rotatable bonds is 8. The Bertz CT molecular complexity index is 646. The van der Waals surface area contributed by atoms with Crippen LogP contribution in [0.1, 0.15) is 31.4 Å². The van der Waals surface area contributed by atoms with Crippen molar-refractivity contribution in [2.75, 3.05) is 20.2 Å². The van der Waals surface area contributed by atoms with Gasteiger partial charge in [-0.2, -0.15) is 13.2 Å². The lowest BCUT2D eigenvalue weighted by Crippen LogP contribution is -2.38. The summed E-state index contributed by atoms with van der Waals surface area (Å²) in [7, 11) is 1.55. The fraction of sp³-hybridized carbons (Fsp3) is 0.556. The second kappa shape index (κ2) is 10.6. The third-order valence-electron chi connectivity index (χ3n) is 3.27. The molecule has 1 aromatic carbocycles. The number of alkyl halides is 3. The summed E-state index contributed by atoms with van der Waals surface area (Å²) in [6.45, 7) is 4.49. The molecule has 2 N–H and O–H groups in total. The van der Waals surface area contributed by atoms with Gasteiger partial charge in [0.15, 0.2) is 12.6 Å². The lowest BCUT2D eigenvalue weighted by atomic mass is 10.1. The van der Waals surface area contributed by atoms with E-state index in [0.29, 0.717) is 18.1 Å². The first kappa shape index (κ1) is 22.6. The standard InChI is InChI=1S/C18H26F3N3O3/c1-12(2)27-16(25)7-8-23-17(22-4)24-10-14-6-5-13(3)9-15(14)26-11-18(19,20)21/h5-6,9,12H,7-8,10-11H2,1-4H3,(H2,22,23,24). The van der Waals surface area contributed by atoms with Gasteiger partial charge in [-0.05, 0) is 32.4 Å². The Labute approximate surface area is 157 Å². The Morgan fingerprint density at radius 3 is 2.56 bits per heavy atom. The number of esters is 1. The minimum absolute atomic E-state index is 0.163. The number of guanidine groups is 1. The predicted octanol–water partition coefficient (Wildman–Crippen LogP) is 2.94. The third-order valence-corrected chi connectivity index (χ3v) is 3.27. The van der Waals surface area contributed by atoms with Crippen molar-refractivity contribution in [3.05, 3.63) is 29.3 Å². The molecule has 0 heterocycles. The fourth-order valence-electron chi connectivity index (χ4n) is 2.11. The molecule has 0 amide bonds. The zero-order valence-corrected chi connectivity index (χ0v) is 15.9. The summed E-state index contributed by atoms with van der Waals surface area (Å²) in [4.78, 5) is 15.5. The van der Waals surface area contributed by atoms with Crippen LogP contribution in [0.4, 0.5) is 13.2 Å². The lowest BCUT2D eigenvalue weighted by Gasteiger charge is -2.16. The van der Waals surface area contributed by atoms with E-state index in [0.717, 1.165) is 5.56 Å². The maximum Gasteiger partial charge on any atom is 0.422 e. The van der Waals surface area contributed by atoms with Crippen molar-refractivity contribution in [2.45, 2.75) is 46.0 Å². The van der Waals surface area contributed by atoms with E-state index in [1.807, 2.05) is 0 Å². The van der Waals surface area contributed by atoms with Crippen LogP contribution in [0.2, 0.25) is 0 Å². The number of hydrogen-bond donors (Lipinski definition) is 2. The monoisotopic (exact) mass is 389 g/mol. The lowest BCUT2D eigenvalue weighted by molar-refractivity contribution is -0.153. The van der Waals surface area contributed by atoms with Gasteiger partial charge in [0.2, 0.25) is 0 Å². The van der Waals surface area contributed by atoms with Crippen molar-refractivity contribution in [2.24, 2.45) is 4.99 Å². The van der Waals surface area contributed by atoms with E-state index in [9.17, 15) is 18.0 Å². The highest BCUT2D eigenvalue weighted by Gasteiger charge is 2.28. The number of nitrogens with one attached hydrogen (secondary N) is 2. The fourth-order valence-corrected chi connectivity index (χ4v) is 2.11. The van der Waals surface area contributed by atoms with E-state index in [2.05, 4.69) is 15.6 Å². The zero-order chi connectivity index (χ0) is 20.4. The van der Waals surface area contributed by atoms with Crippen molar-refractivity contribution in [3.8, 4) is 5.75 Å². The van der Waals surface area contributed by atoms with E-state index in [4.69, 9.17) is 9.47 Å². The molecule has 0 bridgehead atoms. The molecule has 152 valence electrons. The Balaban J connectivity index is 2.58. The molecule has 6 nitrogen and oxygen atoms in total. The Kier molecular flexibility index (Phi) is 8.90. The second-order valence-corrected chi connectivity index (χ2v) is 6.16. The Morgan fingerprint density at radius 1 is 1.26 bits per heavy atom. The summed E-state index contributed by atoms with van der Waals surface area (Å²) in [6.07, 6.45) is -4.41. The number of carbonyl (C=O) groups excluding carboxylic acids is 1. The van der Waals surface area contributed by atoms with E-state index < -0.39 is 12.8 Å². The molecule has 0 aliphatic carbocycles. The number of ether oxygens (including phenoxy) is 2. The number of aryl methyl sites for hydroxylation is 1. The molecule has 0 radical (unpaired) electrons. The second-order valence-electron chi connectivity index (χ2n) is 6.16. The molecule has 27 heavy (non-hydrogen) atoms. The Morgan fingerprint density at radius 2 is 1.96 bits per heavy atom. The van der Waals surface area contributed by atoms with E-state index in [1.54, 1.807) is 46.0 Å². The van der Waals surface area contributed by atoms with Gasteiger partial charge in [-0.15, -0.1) is 0 Å². The normalized spacial score (nSPS) is 12.1. The van der Waals surface area contributed by atoms with Crippen LogP contribution in [0.15, 0.2) is 23.2 Å². The van der Waals surface area contributed by atoms with Crippen molar-refractivity contribution >= 4 is 11.9 Å². The molecule has 1 aromatic rings. The molecular weight excluding hydrogens is 363 g/mol. The first-order valence-electron chi connectivity index (χ1n) is 8.54. The molecule has 0 fully saturated rings. The molecular formula is C18H26F3N3O3. The van der Waals surface area contributed by atoms with Gasteiger partial charge < -0.3 is 20.1 Å². The number of nitrogens with zero attached hydrogens (tertiary/aromatic N) is 1. The van der Waals surface area contributed by atoms with Crippen molar-refractivity contribution in [1.82, 2.24) is 10.6 Å². The smallest absolute Gasteiger partial charge is 0.422 e. The van der Waals surface area contributed by atoms with Crippen LogP contribution in [0.3, 0.4) is 0 Å². The number of aliphatic imine (C=N–C) groups is 1. The molecule has 0 saturated heterocycles. The molecule has 9 heteroatoms. The van der Waals surface area contributed by atoms with Crippen molar-refractivity contribution < 1.29 is 27.4 Å². The van der Waals surface area contributed by atoms with Gasteiger partial charge in [-0.3, -0.25) is 9.79 Å². The van der Waals surface area contributed by atoms with Crippen LogP contribution in [-0.4, -0.2) is 44.4 Å². The average molecular weight is 389 g/mol. The van der Waals surface area contributed by atoms with Crippen molar-refractivity contribution in [3.63, 3.8) is 0 Å². The number of carbonyl (C=O) groups is 1. The molecule has 0 unspecified atom stereocenters. The van der Waals surface area contributed by atoms with Gasteiger partial charge in [-0.1, -0.05) is 12.1 Å². The van der Waals surface area contributed by atoms with Crippen LogP contribution < -0.4 is 15.4 Å². The van der Waals surface area contributed by atoms with Gasteiger partial charge in [0.05, 0.1) is 12.5 Å². The summed E-state index contributed by atoms with van der Waals surface area (Å²) in [6, 6.07) is 5.04. The first-order valence-corrected chi connectivity index (χ1v) is 8.54. The number of hydrogen-bond acceptors (Lipinski definition) is 4. The molecule has 1 rings (SSSR count). The van der Waals surface area contributed by atoms with Gasteiger partial charge in [0.1, 0.15) is 5.75 Å². The highest BCUT2D eigenvalue weighted by atomic mass is 19.4. The zero-order valence-electron chi connectivity index (χ0n) is 15.9. The number of benzene rings is 1. The van der Waals surface area contributed by atoms with Crippen LogP contribution in [0.5, 0.6) is 5.75 Å². The summed E-state index contributed by atoms with van der Waals surface area (Å²) >= 11 is 0. The average Bonchev–Trinajstić information content (AvgIpc) is 2.55. The Hall–Kier alpha value is -2.45. The van der Waals surface area contributed by atoms with Crippen LogP contribution in [0, 0.1) is 6.92 Å². The topological polar surface area (TPSA) is 72.0 Å². The van der Waals surface area contributed by atoms with Crippen LogP contribution in [-0.2, 0) is 16.1 Å². The minimum Gasteiger partial charge on any atom is -0.484 e. The minimum atomic E-state index is -4.41. The molecule has 0 spiro atoms. The van der Waals surface area contributed by atoms with Crippen LogP contribution in [0.25, 0.3) is 0 Å². The predicted molar refractivity (Wildman–Crippen MR) is 96.8 cm³/mol. The molecule has 0 saturated carbocycles. The van der Waals surface area contributed by atoms with E-state index in [-0.39, 0.29) is 30.8 Å². The first-order chi connectivity index (χ1) is 12.6. The third kappa shape index (κ3) is 9.72. The molecule has 0 aliphatic rings. The van der Waals surface area contributed by atoms with Gasteiger partial charge in [-0.25, -0.2) is 0 Å². The van der Waals surface area contributed by atoms with E-state index >= 15 is 0 Å². The molecule has 0 aromatic heterocycles. The van der Waals surface area contributed by atoms with Crippen molar-refractivity contribution in [1.29, 1.82) is 0 Å². The molecule has 0 atom stereocenters. The van der Waals surface area contributed by atoms with Gasteiger partial charge in [0.25, 0.3) is 0 Å². The number of halogens is 3. The largest absolute Gasteiger partial charge is 0.484 e. The quantitative estimate of drug-likeness (QED) is 0.406. The van der Waals surface area contributed by atoms with Gasteiger partial charge in [0, 0.05) is 25.7 Å². The maximum atomic E-state index is 12.4. The summed E-state index contributed by atoms with van der Waals surface area (Å²) in [5.74, 6) is 0.250. The van der Waals surface area contributed by atoms with E-state index in [1.165, 1.54) is 0 Å². The summed E-state index contributed by atoms with van der Waals surface area (Å²) in [5, 5.41) is 5.93. The van der Waals surface area contributed by atoms with Gasteiger partial charge >= 0.3 is 12.1 Å².